The zero-order valence-corrected chi connectivity index (χ0v) is 12.2. The summed E-state index contributed by atoms with van der Waals surface area (Å²) in [5.41, 5.74) is 0. The van der Waals surface area contributed by atoms with Gasteiger partial charge in [0.15, 0.2) is 0 Å². The van der Waals surface area contributed by atoms with Crippen LogP contribution in [-0.4, -0.2) is 25.3 Å². The molecule has 0 fully saturated rings. The van der Waals surface area contributed by atoms with Crippen molar-refractivity contribution >= 4 is 26.0 Å². The molecule has 0 spiro atoms. The molecule has 4 nitrogen and oxygen atoms in total. The molecule has 0 radical (unpaired) electrons. The van der Waals surface area contributed by atoms with Crippen molar-refractivity contribution in [2.24, 2.45) is 5.92 Å². The van der Waals surface area contributed by atoms with Crippen molar-refractivity contribution in [1.82, 2.24) is 9.71 Å². The Morgan fingerprint density at radius 1 is 1.53 bits per heavy atom. The summed E-state index contributed by atoms with van der Waals surface area (Å²) in [7, 11) is -3.39. The van der Waals surface area contributed by atoms with E-state index in [2.05, 4.69) is 32.6 Å². The zero-order valence-electron chi connectivity index (χ0n) is 9.77. The summed E-state index contributed by atoms with van der Waals surface area (Å²) < 4.78 is 26.1. The number of pyridine rings is 1. The fourth-order valence-electron chi connectivity index (χ4n) is 1.32. The summed E-state index contributed by atoms with van der Waals surface area (Å²) >= 11 is 3.40. The standard InChI is InChI=1S/C11H17BrN2O2S/c1-10(8-12)4-2-7-14-17(15,16)11-5-3-6-13-9-11/h3,5-6,9-10,14H,2,4,7-8H2,1H3. The van der Waals surface area contributed by atoms with Crippen LogP contribution in [0.2, 0.25) is 0 Å². The number of alkyl halides is 1. The monoisotopic (exact) mass is 320 g/mol. The molecule has 1 aromatic heterocycles. The van der Waals surface area contributed by atoms with Gasteiger partial charge in [-0.25, -0.2) is 13.1 Å². The minimum atomic E-state index is -3.39. The highest BCUT2D eigenvalue weighted by Crippen LogP contribution is 2.09. The van der Waals surface area contributed by atoms with Gasteiger partial charge in [-0.05, 0) is 30.9 Å². The number of halogens is 1. The number of aromatic nitrogens is 1. The van der Waals surface area contributed by atoms with E-state index in [9.17, 15) is 8.42 Å². The third-order valence-electron chi connectivity index (χ3n) is 2.37. The second-order valence-corrected chi connectivity index (χ2v) is 6.40. The lowest BCUT2D eigenvalue weighted by atomic mass is 10.1. The maximum atomic E-state index is 11.8. The number of hydrogen-bond donors (Lipinski definition) is 1. The summed E-state index contributed by atoms with van der Waals surface area (Å²) in [5.74, 6) is 0.567. The second kappa shape index (κ2) is 7.08. The number of rotatable bonds is 7. The maximum absolute atomic E-state index is 11.8. The molecule has 0 amide bonds. The van der Waals surface area contributed by atoms with Gasteiger partial charge in [0.2, 0.25) is 10.0 Å². The Hall–Kier alpha value is -0.460. The summed E-state index contributed by atoms with van der Waals surface area (Å²) in [6.07, 6.45) is 4.74. The lowest BCUT2D eigenvalue weighted by Crippen LogP contribution is -2.25. The van der Waals surface area contributed by atoms with Gasteiger partial charge in [-0.15, -0.1) is 0 Å². The minimum absolute atomic E-state index is 0.216. The Morgan fingerprint density at radius 2 is 2.29 bits per heavy atom. The normalized spacial score (nSPS) is 13.5. The molecular formula is C11H17BrN2O2S. The van der Waals surface area contributed by atoms with Gasteiger partial charge in [0.05, 0.1) is 0 Å². The fraction of sp³-hybridized carbons (Fsp3) is 0.545. The molecule has 6 heteroatoms. The SMILES string of the molecule is CC(CBr)CCCNS(=O)(=O)c1cccnc1. The van der Waals surface area contributed by atoms with E-state index in [4.69, 9.17) is 0 Å². The van der Waals surface area contributed by atoms with E-state index >= 15 is 0 Å². The van der Waals surface area contributed by atoms with Gasteiger partial charge in [0.25, 0.3) is 0 Å². The van der Waals surface area contributed by atoms with Crippen LogP contribution in [0.1, 0.15) is 19.8 Å². The number of nitrogens with one attached hydrogen (secondary N) is 1. The molecule has 1 heterocycles. The van der Waals surface area contributed by atoms with Crippen LogP contribution in [0.5, 0.6) is 0 Å². The summed E-state index contributed by atoms with van der Waals surface area (Å²) in [4.78, 5) is 4.01. The Bertz CT molecular complexity index is 422. The number of nitrogens with zero attached hydrogens (tertiary/aromatic N) is 1. The van der Waals surface area contributed by atoms with Gasteiger partial charge in [-0.3, -0.25) is 4.98 Å². The molecule has 17 heavy (non-hydrogen) atoms. The van der Waals surface area contributed by atoms with Gasteiger partial charge in [-0.1, -0.05) is 22.9 Å². The third kappa shape index (κ3) is 5.14. The Labute approximate surface area is 111 Å². The smallest absolute Gasteiger partial charge is 0.242 e. The largest absolute Gasteiger partial charge is 0.263 e. The van der Waals surface area contributed by atoms with E-state index in [-0.39, 0.29) is 4.90 Å². The first-order chi connectivity index (χ1) is 8.06. The topological polar surface area (TPSA) is 59.1 Å². The molecule has 0 saturated carbocycles. The van der Waals surface area contributed by atoms with Gasteiger partial charge >= 0.3 is 0 Å². The molecule has 0 aliphatic heterocycles. The Balaban J connectivity index is 2.41. The Morgan fingerprint density at radius 3 is 2.88 bits per heavy atom. The van der Waals surface area contributed by atoms with Crippen LogP contribution >= 0.6 is 15.9 Å². The summed E-state index contributed by atoms with van der Waals surface area (Å²) in [5, 5.41) is 0.947. The molecule has 0 aliphatic carbocycles. The minimum Gasteiger partial charge on any atom is -0.263 e. The zero-order chi connectivity index (χ0) is 12.7. The Kier molecular flexibility index (Phi) is 6.08. The van der Waals surface area contributed by atoms with E-state index in [0.717, 1.165) is 18.2 Å². The third-order valence-corrected chi connectivity index (χ3v) is 4.93. The molecule has 0 aromatic carbocycles. The lowest BCUT2D eigenvalue weighted by molar-refractivity contribution is 0.546. The van der Waals surface area contributed by atoms with Crippen molar-refractivity contribution in [3.8, 4) is 0 Å². The van der Waals surface area contributed by atoms with E-state index in [0.29, 0.717) is 12.5 Å². The van der Waals surface area contributed by atoms with E-state index < -0.39 is 10.0 Å². The first-order valence-corrected chi connectivity index (χ1v) is 8.12. The second-order valence-electron chi connectivity index (χ2n) is 3.99. The van der Waals surface area contributed by atoms with Crippen LogP contribution in [-0.2, 0) is 10.0 Å². The average Bonchev–Trinajstić information content (AvgIpc) is 2.35. The highest BCUT2D eigenvalue weighted by atomic mass is 79.9. The van der Waals surface area contributed by atoms with Gasteiger partial charge in [-0.2, -0.15) is 0 Å². The quantitative estimate of drug-likeness (QED) is 0.618. The van der Waals surface area contributed by atoms with Crippen LogP contribution in [0.4, 0.5) is 0 Å². The fourth-order valence-corrected chi connectivity index (χ4v) is 2.68. The van der Waals surface area contributed by atoms with Gasteiger partial charge < -0.3 is 0 Å². The molecule has 0 saturated heterocycles. The summed E-state index contributed by atoms with van der Waals surface area (Å²) in [6, 6.07) is 3.15. The average molecular weight is 321 g/mol. The molecule has 0 bridgehead atoms. The van der Waals surface area contributed by atoms with Gasteiger partial charge in [0, 0.05) is 24.3 Å². The van der Waals surface area contributed by atoms with Crippen LogP contribution in [0, 0.1) is 5.92 Å². The molecule has 1 atom stereocenters. The van der Waals surface area contributed by atoms with Crippen LogP contribution in [0.15, 0.2) is 29.4 Å². The first kappa shape index (κ1) is 14.6. The van der Waals surface area contributed by atoms with Crippen molar-refractivity contribution in [2.45, 2.75) is 24.7 Å². The van der Waals surface area contributed by atoms with E-state index in [1.807, 2.05) is 0 Å². The molecule has 0 aliphatic rings. The van der Waals surface area contributed by atoms with Crippen LogP contribution < -0.4 is 4.72 Å². The predicted octanol–water partition coefficient (Wildman–Crippen LogP) is 2.17. The van der Waals surface area contributed by atoms with Crippen molar-refractivity contribution in [2.75, 3.05) is 11.9 Å². The predicted molar refractivity (Wildman–Crippen MR) is 71.6 cm³/mol. The highest BCUT2D eigenvalue weighted by Gasteiger charge is 2.12. The van der Waals surface area contributed by atoms with E-state index in [1.165, 1.54) is 12.3 Å². The molecule has 1 rings (SSSR count). The van der Waals surface area contributed by atoms with Crippen molar-refractivity contribution in [3.05, 3.63) is 24.5 Å². The molecule has 1 N–H and O–H groups in total. The van der Waals surface area contributed by atoms with Gasteiger partial charge in [0.1, 0.15) is 4.90 Å². The molecule has 1 unspecified atom stereocenters. The molecular weight excluding hydrogens is 304 g/mol. The van der Waals surface area contributed by atoms with Crippen LogP contribution in [0.25, 0.3) is 0 Å². The van der Waals surface area contributed by atoms with Crippen LogP contribution in [0.3, 0.4) is 0 Å². The highest BCUT2D eigenvalue weighted by molar-refractivity contribution is 9.09. The molecule has 96 valence electrons. The first-order valence-electron chi connectivity index (χ1n) is 5.52. The van der Waals surface area contributed by atoms with Crippen molar-refractivity contribution in [3.63, 3.8) is 0 Å². The van der Waals surface area contributed by atoms with E-state index in [1.54, 1.807) is 12.3 Å². The lowest BCUT2D eigenvalue weighted by Gasteiger charge is -2.08. The molecule has 1 aromatic rings. The number of sulfonamides is 1. The van der Waals surface area contributed by atoms with Crippen molar-refractivity contribution < 1.29 is 8.42 Å². The number of hydrogen-bond acceptors (Lipinski definition) is 3. The maximum Gasteiger partial charge on any atom is 0.242 e. The van der Waals surface area contributed by atoms with Crippen molar-refractivity contribution in [1.29, 1.82) is 0 Å². The summed E-state index contributed by atoms with van der Waals surface area (Å²) in [6.45, 7) is 2.60.